The van der Waals surface area contributed by atoms with Crippen LogP contribution in [0, 0.1) is 5.41 Å². The maximum atomic E-state index is 12.0. The van der Waals surface area contributed by atoms with E-state index in [-0.39, 0.29) is 29.8 Å². The molecule has 118 valence electrons. The largest absolute Gasteiger partial charge is 0.330 e. The van der Waals surface area contributed by atoms with Crippen LogP contribution in [0.1, 0.15) is 27.7 Å². The standard InChI is InChI=1S/C13H26N4O2.ClH/c1-12(2,8-14)9-16(5)6-7-17-10(18)13(3,4)15-11(17)19;/h6-9,14H2,1-5H3,(H,15,19);1H. The fourth-order valence-electron chi connectivity index (χ4n) is 2.17. The summed E-state index contributed by atoms with van der Waals surface area (Å²) in [5, 5.41) is 2.68. The topological polar surface area (TPSA) is 78.7 Å². The second-order valence-electron chi connectivity index (χ2n) is 6.62. The van der Waals surface area contributed by atoms with Crippen LogP contribution in [0.4, 0.5) is 4.79 Å². The summed E-state index contributed by atoms with van der Waals surface area (Å²) in [6, 6.07) is -0.304. The third-order valence-electron chi connectivity index (χ3n) is 3.40. The van der Waals surface area contributed by atoms with Crippen LogP contribution in [-0.2, 0) is 4.79 Å². The van der Waals surface area contributed by atoms with Crippen LogP contribution < -0.4 is 11.1 Å². The highest BCUT2D eigenvalue weighted by molar-refractivity contribution is 6.06. The molecule has 3 amide bonds. The van der Waals surface area contributed by atoms with Gasteiger partial charge in [0.15, 0.2) is 0 Å². The zero-order chi connectivity index (χ0) is 14.8. The number of likely N-dealkylation sites (N-methyl/N-ethyl adjacent to an activating group) is 1. The van der Waals surface area contributed by atoms with Crippen LogP contribution >= 0.6 is 12.4 Å². The number of nitrogens with one attached hydrogen (secondary N) is 1. The summed E-state index contributed by atoms with van der Waals surface area (Å²) < 4.78 is 0. The van der Waals surface area contributed by atoms with Crippen LogP contribution in [-0.4, -0.2) is 60.5 Å². The van der Waals surface area contributed by atoms with Gasteiger partial charge in [0.05, 0.1) is 0 Å². The molecule has 0 aromatic carbocycles. The van der Waals surface area contributed by atoms with Gasteiger partial charge in [0.25, 0.3) is 5.91 Å². The van der Waals surface area contributed by atoms with E-state index in [0.29, 0.717) is 19.6 Å². The molecular formula is C13H27ClN4O2. The Morgan fingerprint density at radius 2 is 1.90 bits per heavy atom. The molecule has 0 bridgehead atoms. The number of carbonyl (C=O) groups excluding carboxylic acids is 2. The van der Waals surface area contributed by atoms with Crippen molar-refractivity contribution in [2.75, 3.05) is 33.2 Å². The Kier molecular flexibility index (Phi) is 6.45. The minimum atomic E-state index is -0.786. The molecule has 0 unspecified atom stereocenters. The number of rotatable bonds is 6. The first-order chi connectivity index (χ1) is 8.59. The van der Waals surface area contributed by atoms with E-state index in [9.17, 15) is 9.59 Å². The summed E-state index contributed by atoms with van der Waals surface area (Å²) in [6.07, 6.45) is 0. The Labute approximate surface area is 127 Å². The molecule has 7 heteroatoms. The molecule has 6 nitrogen and oxygen atoms in total. The summed E-state index contributed by atoms with van der Waals surface area (Å²) in [5.41, 5.74) is 4.94. The van der Waals surface area contributed by atoms with Crippen LogP contribution in [0.3, 0.4) is 0 Å². The summed E-state index contributed by atoms with van der Waals surface area (Å²) >= 11 is 0. The summed E-state index contributed by atoms with van der Waals surface area (Å²) in [4.78, 5) is 27.1. The van der Waals surface area contributed by atoms with Gasteiger partial charge >= 0.3 is 6.03 Å². The molecule has 20 heavy (non-hydrogen) atoms. The zero-order valence-electron chi connectivity index (χ0n) is 13.0. The molecular weight excluding hydrogens is 280 g/mol. The van der Waals surface area contributed by atoms with Crippen molar-refractivity contribution in [1.29, 1.82) is 0 Å². The molecule has 1 aliphatic heterocycles. The Hall–Kier alpha value is -0.850. The average molecular weight is 307 g/mol. The second-order valence-corrected chi connectivity index (χ2v) is 6.62. The quantitative estimate of drug-likeness (QED) is 0.707. The third-order valence-corrected chi connectivity index (χ3v) is 3.40. The van der Waals surface area contributed by atoms with Gasteiger partial charge in [-0.15, -0.1) is 12.4 Å². The molecule has 0 radical (unpaired) electrons. The molecule has 0 spiro atoms. The molecule has 1 fully saturated rings. The highest BCUT2D eigenvalue weighted by Gasteiger charge is 2.43. The van der Waals surface area contributed by atoms with Crippen LogP contribution in [0.25, 0.3) is 0 Å². The van der Waals surface area contributed by atoms with E-state index in [4.69, 9.17) is 5.73 Å². The first-order valence-corrected chi connectivity index (χ1v) is 6.62. The monoisotopic (exact) mass is 306 g/mol. The van der Waals surface area contributed by atoms with Crippen molar-refractivity contribution in [3.8, 4) is 0 Å². The minimum Gasteiger partial charge on any atom is -0.330 e. The number of nitrogens with two attached hydrogens (primary N) is 1. The van der Waals surface area contributed by atoms with Gasteiger partial charge < -0.3 is 16.0 Å². The minimum absolute atomic E-state index is 0. The lowest BCUT2D eigenvalue weighted by Crippen LogP contribution is -2.43. The lowest BCUT2D eigenvalue weighted by molar-refractivity contribution is -0.130. The predicted molar refractivity (Wildman–Crippen MR) is 81.9 cm³/mol. The van der Waals surface area contributed by atoms with Gasteiger partial charge in [0, 0.05) is 19.6 Å². The van der Waals surface area contributed by atoms with Crippen molar-refractivity contribution in [3.05, 3.63) is 0 Å². The van der Waals surface area contributed by atoms with Crippen molar-refractivity contribution in [3.63, 3.8) is 0 Å². The molecule has 1 heterocycles. The molecule has 0 aromatic heterocycles. The normalized spacial score (nSPS) is 18.2. The van der Waals surface area contributed by atoms with Gasteiger partial charge in [-0.1, -0.05) is 13.8 Å². The average Bonchev–Trinajstić information content (AvgIpc) is 2.46. The van der Waals surface area contributed by atoms with E-state index in [1.54, 1.807) is 13.8 Å². The summed E-state index contributed by atoms with van der Waals surface area (Å²) in [7, 11) is 1.97. The number of amides is 3. The maximum absolute atomic E-state index is 12.0. The molecule has 0 aliphatic carbocycles. The van der Waals surface area contributed by atoms with Crippen molar-refractivity contribution in [2.24, 2.45) is 11.1 Å². The van der Waals surface area contributed by atoms with E-state index in [0.717, 1.165) is 6.54 Å². The Bertz CT molecular complexity index is 371. The molecule has 3 N–H and O–H groups in total. The lowest BCUT2D eigenvalue weighted by atomic mass is 9.93. The van der Waals surface area contributed by atoms with E-state index >= 15 is 0 Å². The number of urea groups is 1. The van der Waals surface area contributed by atoms with Crippen molar-refractivity contribution >= 4 is 24.3 Å². The van der Waals surface area contributed by atoms with Gasteiger partial charge in [0.2, 0.25) is 0 Å². The first-order valence-electron chi connectivity index (χ1n) is 6.62. The van der Waals surface area contributed by atoms with Gasteiger partial charge in [-0.05, 0) is 32.9 Å². The first kappa shape index (κ1) is 19.1. The van der Waals surface area contributed by atoms with Gasteiger partial charge in [0.1, 0.15) is 5.54 Å². The van der Waals surface area contributed by atoms with E-state index in [1.807, 2.05) is 7.05 Å². The number of hydrogen-bond acceptors (Lipinski definition) is 4. The van der Waals surface area contributed by atoms with Gasteiger partial charge in [-0.3, -0.25) is 9.69 Å². The molecule has 1 aliphatic rings. The van der Waals surface area contributed by atoms with E-state index in [2.05, 4.69) is 24.1 Å². The molecule has 1 saturated heterocycles. The lowest BCUT2D eigenvalue weighted by Gasteiger charge is -2.29. The van der Waals surface area contributed by atoms with Gasteiger partial charge in [-0.2, -0.15) is 0 Å². The number of nitrogens with zero attached hydrogens (tertiary/aromatic N) is 2. The fourth-order valence-corrected chi connectivity index (χ4v) is 2.17. The third kappa shape index (κ3) is 4.61. The van der Waals surface area contributed by atoms with E-state index in [1.165, 1.54) is 4.90 Å². The zero-order valence-corrected chi connectivity index (χ0v) is 13.8. The number of carbonyl (C=O) groups is 2. The molecule has 0 atom stereocenters. The maximum Gasteiger partial charge on any atom is 0.325 e. The second kappa shape index (κ2) is 6.74. The number of hydrogen-bond donors (Lipinski definition) is 2. The van der Waals surface area contributed by atoms with Gasteiger partial charge in [-0.25, -0.2) is 4.79 Å². The summed E-state index contributed by atoms with van der Waals surface area (Å²) in [6.45, 7) is 10.1. The van der Waals surface area contributed by atoms with Crippen molar-refractivity contribution < 1.29 is 9.59 Å². The van der Waals surface area contributed by atoms with Crippen LogP contribution in [0.2, 0.25) is 0 Å². The Balaban J connectivity index is 0.00000361. The van der Waals surface area contributed by atoms with E-state index < -0.39 is 5.54 Å². The van der Waals surface area contributed by atoms with Crippen molar-refractivity contribution in [1.82, 2.24) is 15.1 Å². The van der Waals surface area contributed by atoms with Crippen LogP contribution in [0.15, 0.2) is 0 Å². The molecule has 0 aromatic rings. The number of imide groups is 1. The molecule has 0 saturated carbocycles. The predicted octanol–water partition coefficient (Wildman–Crippen LogP) is 0.655. The fraction of sp³-hybridized carbons (Fsp3) is 0.846. The molecule has 1 rings (SSSR count). The Morgan fingerprint density at radius 1 is 1.35 bits per heavy atom. The summed E-state index contributed by atoms with van der Waals surface area (Å²) in [5.74, 6) is -0.163. The number of halogens is 1. The van der Waals surface area contributed by atoms with Crippen molar-refractivity contribution in [2.45, 2.75) is 33.2 Å². The SMILES string of the molecule is CN(CCN1C(=O)NC(C)(C)C1=O)CC(C)(C)CN.Cl. The van der Waals surface area contributed by atoms with Crippen LogP contribution in [0.5, 0.6) is 0 Å². The smallest absolute Gasteiger partial charge is 0.325 e. The highest BCUT2D eigenvalue weighted by atomic mass is 35.5. The Morgan fingerprint density at radius 3 is 2.30 bits per heavy atom. The highest BCUT2D eigenvalue weighted by Crippen LogP contribution is 2.17.